The standard InChI is InChI=1S/C23H30N4O/c28-23-15-22-21(11-14-25(22)16-18-5-2-1-3-6-18)26(23)17-19-7-9-20(10-8-19)27-13-4-12-24-27/h4,7-10,12-13,18,21-22H,1-3,5-6,11,14-17H2/t21-,22-/m0/s1. The fourth-order valence-electron chi connectivity index (χ4n) is 5.52. The van der Waals surface area contributed by atoms with Gasteiger partial charge in [-0.3, -0.25) is 9.69 Å². The fourth-order valence-corrected chi connectivity index (χ4v) is 5.52. The van der Waals surface area contributed by atoms with Gasteiger partial charge in [0.2, 0.25) is 5.91 Å². The Morgan fingerprint density at radius 2 is 1.82 bits per heavy atom. The number of nitrogens with zero attached hydrogens (tertiary/aromatic N) is 4. The Morgan fingerprint density at radius 1 is 1.00 bits per heavy atom. The van der Waals surface area contributed by atoms with Gasteiger partial charge in [-0.25, -0.2) is 4.68 Å². The maximum absolute atomic E-state index is 12.8. The molecular formula is C23H30N4O. The van der Waals surface area contributed by atoms with Crippen LogP contribution in [0.15, 0.2) is 42.7 Å². The third-order valence-electron chi connectivity index (χ3n) is 7.01. The smallest absolute Gasteiger partial charge is 0.224 e. The summed E-state index contributed by atoms with van der Waals surface area (Å²) in [5.41, 5.74) is 2.26. The van der Waals surface area contributed by atoms with Crippen LogP contribution < -0.4 is 0 Å². The van der Waals surface area contributed by atoms with Crippen LogP contribution in [-0.2, 0) is 11.3 Å². The van der Waals surface area contributed by atoms with E-state index in [-0.39, 0.29) is 0 Å². The minimum absolute atomic E-state index is 0.333. The number of carbonyl (C=O) groups is 1. The summed E-state index contributed by atoms with van der Waals surface area (Å²) in [5.74, 6) is 1.19. The number of fused-ring (bicyclic) bond motifs is 1. The van der Waals surface area contributed by atoms with Gasteiger partial charge in [0.05, 0.1) is 5.69 Å². The Bertz CT molecular complexity index is 795. The maximum atomic E-state index is 12.8. The zero-order valence-electron chi connectivity index (χ0n) is 16.5. The second-order valence-corrected chi connectivity index (χ2v) is 8.77. The Hall–Kier alpha value is -2.14. The Balaban J connectivity index is 1.23. The molecule has 3 aliphatic rings. The third-order valence-corrected chi connectivity index (χ3v) is 7.01. The lowest BCUT2D eigenvalue weighted by atomic mass is 9.89. The quantitative estimate of drug-likeness (QED) is 0.798. The Kier molecular flexibility index (Phi) is 4.93. The van der Waals surface area contributed by atoms with Crippen molar-refractivity contribution in [1.29, 1.82) is 0 Å². The van der Waals surface area contributed by atoms with E-state index in [9.17, 15) is 4.79 Å². The highest BCUT2D eigenvalue weighted by Crippen LogP contribution is 2.35. The molecule has 0 bridgehead atoms. The molecule has 5 nitrogen and oxygen atoms in total. The molecule has 1 amide bonds. The topological polar surface area (TPSA) is 41.4 Å². The molecule has 3 heterocycles. The van der Waals surface area contributed by atoms with Crippen molar-refractivity contribution in [2.24, 2.45) is 5.92 Å². The molecule has 3 fully saturated rings. The van der Waals surface area contributed by atoms with Crippen molar-refractivity contribution in [3.63, 3.8) is 0 Å². The van der Waals surface area contributed by atoms with E-state index in [0.29, 0.717) is 24.4 Å². The highest BCUT2D eigenvalue weighted by molar-refractivity contribution is 5.80. The molecule has 0 unspecified atom stereocenters. The van der Waals surface area contributed by atoms with Crippen LogP contribution in [0.4, 0.5) is 0 Å². The molecule has 148 valence electrons. The first-order valence-corrected chi connectivity index (χ1v) is 10.9. The van der Waals surface area contributed by atoms with Crippen LogP contribution >= 0.6 is 0 Å². The third kappa shape index (κ3) is 3.48. The predicted molar refractivity (Wildman–Crippen MR) is 109 cm³/mol. The highest BCUT2D eigenvalue weighted by atomic mass is 16.2. The first kappa shape index (κ1) is 17.9. The van der Waals surface area contributed by atoms with Crippen LogP contribution in [0.3, 0.4) is 0 Å². The molecule has 2 aliphatic heterocycles. The van der Waals surface area contributed by atoms with E-state index >= 15 is 0 Å². The van der Waals surface area contributed by atoms with E-state index in [1.807, 2.05) is 16.9 Å². The summed E-state index contributed by atoms with van der Waals surface area (Å²) < 4.78 is 1.86. The lowest BCUT2D eigenvalue weighted by Gasteiger charge is -2.30. The molecule has 1 saturated carbocycles. The average Bonchev–Trinajstić information content (AvgIpc) is 3.44. The van der Waals surface area contributed by atoms with Crippen LogP contribution in [0.5, 0.6) is 0 Å². The molecule has 0 radical (unpaired) electrons. The van der Waals surface area contributed by atoms with Gasteiger partial charge in [0.25, 0.3) is 0 Å². The van der Waals surface area contributed by atoms with E-state index in [1.165, 1.54) is 44.2 Å². The van der Waals surface area contributed by atoms with Crippen LogP contribution in [-0.4, -0.2) is 50.7 Å². The van der Waals surface area contributed by atoms with Gasteiger partial charge < -0.3 is 4.90 Å². The number of likely N-dealkylation sites (tertiary alicyclic amines) is 2. The molecule has 1 aliphatic carbocycles. The molecule has 1 aromatic heterocycles. The van der Waals surface area contributed by atoms with Gasteiger partial charge in [-0.2, -0.15) is 5.10 Å². The van der Waals surface area contributed by atoms with Crippen molar-refractivity contribution >= 4 is 5.91 Å². The lowest BCUT2D eigenvalue weighted by Crippen LogP contribution is -2.39. The van der Waals surface area contributed by atoms with Crippen molar-refractivity contribution < 1.29 is 4.79 Å². The van der Waals surface area contributed by atoms with Crippen molar-refractivity contribution in [2.75, 3.05) is 13.1 Å². The number of benzene rings is 1. The van der Waals surface area contributed by atoms with Gasteiger partial charge in [0.1, 0.15) is 0 Å². The van der Waals surface area contributed by atoms with Crippen LogP contribution in [0.25, 0.3) is 5.69 Å². The van der Waals surface area contributed by atoms with Gasteiger partial charge >= 0.3 is 0 Å². The van der Waals surface area contributed by atoms with Crippen molar-refractivity contribution in [1.82, 2.24) is 19.6 Å². The number of hydrogen-bond donors (Lipinski definition) is 0. The molecule has 2 saturated heterocycles. The van der Waals surface area contributed by atoms with Gasteiger partial charge in [-0.1, -0.05) is 31.4 Å². The second-order valence-electron chi connectivity index (χ2n) is 8.77. The fraction of sp³-hybridized carbons (Fsp3) is 0.565. The van der Waals surface area contributed by atoms with Crippen LogP contribution in [0.1, 0.15) is 50.5 Å². The molecule has 0 N–H and O–H groups in total. The molecule has 0 spiro atoms. The summed E-state index contributed by atoms with van der Waals surface area (Å²) in [6, 6.07) is 11.2. The number of aromatic nitrogens is 2. The number of hydrogen-bond acceptors (Lipinski definition) is 3. The first-order valence-electron chi connectivity index (χ1n) is 10.9. The molecule has 5 rings (SSSR count). The van der Waals surface area contributed by atoms with E-state index < -0.39 is 0 Å². The minimum atomic E-state index is 0.333. The van der Waals surface area contributed by atoms with E-state index in [4.69, 9.17) is 0 Å². The SMILES string of the molecule is O=C1C[C@H]2[C@H](CCN2CC2CCCCC2)N1Cc1ccc(-n2cccn2)cc1. The normalized spacial score (nSPS) is 26.1. The van der Waals surface area contributed by atoms with Gasteiger partial charge in [-0.15, -0.1) is 0 Å². The van der Waals surface area contributed by atoms with E-state index in [0.717, 1.165) is 31.1 Å². The predicted octanol–water partition coefficient (Wildman–Crippen LogP) is 3.63. The Morgan fingerprint density at radius 3 is 2.57 bits per heavy atom. The van der Waals surface area contributed by atoms with Crippen molar-refractivity contribution in [3.8, 4) is 5.69 Å². The van der Waals surface area contributed by atoms with Crippen LogP contribution in [0.2, 0.25) is 0 Å². The second kappa shape index (κ2) is 7.70. The molecule has 2 aromatic rings. The minimum Gasteiger partial charge on any atom is -0.334 e. The summed E-state index contributed by atoms with van der Waals surface area (Å²) in [4.78, 5) is 17.6. The van der Waals surface area contributed by atoms with Gasteiger partial charge in [0, 0.05) is 50.5 Å². The zero-order valence-corrected chi connectivity index (χ0v) is 16.5. The van der Waals surface area contributed by atoms with E-state index in [2.05, 4.69) is 39.2 Å². The summed E-state index contributed by atoms with van der Waals surface area (Å²) in [6.45, 7) is 3.10. The molecule has 2 atom stereocenters. The van der Waals surface area contributed by atoms with Crippen LogP contribution in [0, 0.1) is 5.92 Å². The number of rotatable bonds is 5. The lowest BCUT2D eigenvalue weighted by molar-refractivity contribution is -0.129. The highest BCUT2D eigenvalue weighted by Gasteiger charge is 2.46. The summed E-state index contributed by atoms with van der Waals surface area (Å²) >= 11 is 0. The Labute approximate surface area is 167 Å². The summed E-state index contributed by atoms with van der Waals surface area (Å²) in [7, 11) is 0. The summed E-state index contributed by atoms with van der Waals surface area (Å²) in [5, 5.41) is 4.28. The number of carbonyl (C=O) groups excluding carboxylic acids is 1. The largest absolute Gasteiger partial charge is 0.334 e. The average molecular weight is 379 g/mol. The molecule has 28 heavy (non-hydrogen) atoms. The van der Waals surface area contributed by atoms with Crippen molar-refractivity contribution in [2.45, 2.75) is 63.6 Å². The molecule has 1 aromatic carbocycles. The summed E-state index contributed by atoms with van der Waals surface area (Å²) in [6.07, 6.45) is 12.5. The zero-order chi connectivity index (χ0) is 18.9. The monoisotopic (exact) mass is 378 g/mol. The maximum Gasteiger partial charge on any atom is 0.224 e. The molecular weight excluding hydrogens is 348 g/mol. The van der Waals surface area contributed by atoms with Gasteiger partial charge in [0.15, 0.2) is 0 Å². The number of amides is 1. The van der Waals surface area contributed by atoms with Gasteiger partial charge in [-0.05, 0) is 48.9 Å². The first-order chi connectivity index (χ1) is 13.8. The molecule has 5 heteroatoms. The van der Waals surface area contributed by atoms with E-state index in [1.54, 1.807) is 6.20 Å². The van der Waals surface area contributed by atoms with Crippen molar-refractivity contribution in [3.05, 3.63) is 48.3 Å².